The third-order valence-corrected chi connectivity index (χ3v) is 3.66. The Kier molecular flexibility index (Phi) is 4.82. The van der Waals surface area contributed by atoms with E-state index >= 15 is 0 Å². The van der Waals surface area contributed by atoms with Crippen molar-refractivity contribution in [2.24, 2.45) is 0 Å². The fourth-order valence-electron chi connectivity index (χ4n) is 1.15. The number of amides is 1. The second-order valence-corrected chi connectivity index (χ2v) is 5.26. The molecule has 0 aliphatic rings. The van der Waals surface area contributed by atoms with E-state index in [1.165, 1.54) is 0 Å². The van der Waals surface area contributed by atoms with Gasteiger partial charge in [-0.2, -0.15) is 11.8 Å². The van der Waals surface area contributed by atoms with Crippen LogP contribution in [-0.4, -0.2) is 29.0 Å². The van der Waals surface area contributed by atoms with Gasteiger partial charge in [0.25, 0.3) is 0 Å². The predicted molar refractivity (Wildman–Crippen MR) is 67.6 cm³/mol. The van der Waals surface area contributed by atoms with Crippen molar-refractivity contribution in [2.75, 3.05) is 17.3 Å². The van der Waals surface area contributed by atoms with Gasteiger partial charge in [-0.1, -0.05) is 0 Å². The lowest BCUT2D eigenvalue weighted by atomic mass is 10.3. The molecule has 1 amide bonds. The molecule has 1 aromatic heterocycles. The van der Waals surface area contributed by atoms with E-state index in [1.807, 2.05) is 6.26 Å². The van der Waals surface area contributed by atoms with Crippen molar-refractivity contribution < 1.29 is 14.7 Å². The Balaban J connectivity index is 2.64. The monoisotopic (exact) mass is 259 g/mol. The summed E-state index contributed by atoms with van der Waals surface area (Å²) in [6, 6.07) is 1.69. The Hall–Kier alpha value is -1.01. The number of thioether (sulfide) groups is 1. The molecule has 4 nitrogen and oxygen atoms in total. The zero-order chi connectivity index (χ0) is 12.1. The van der Waals surface area contributed by atoms with E-state index in [0.717, 1.165) is 17.1 Å². The van der Waals surface area contributed by atoms with Crippen LogP contribution in [0.15, 0.2) is 6.07 Å². The highest BCUT2D eigenvalue weighted by Crippen LogP contribution is 2.26. The zero-order valence-corrected chi connectivity index (χ0v) is 10.7. The highest BCUT2D eigenvalue weighted by atomic mass is 32.2. The minimum atomic E-state index is -0.952. The van der Waals surface area contributed by atoms with E-state index in [1.54, 1.807) is 24.8 Å². The molecule has 0 aliphatic carbocycles. The van der Waals surface area contributed by atoms with Crippen LogP contribution >= 0.6 is 23.1 Å². The first kappa shape index (κ1) is 13.1. The Labute approximate surface area is 102 Å². The summed E-state index contributed by atoms with van der Waals surface area (Å²) in [5, 5.41) is 12.1. The highest BCUT2D eigenvalue weighted by molar-refractivity contribution is 7.98. The summed E-state index contributed by atoms with van der Waals surface area (Å²) in [5.41, 5.74) is 0.678. The van der Waals surface area contributed by atoms with Gasteiger partial charge >= 0.3 is 5.97 Å². The third-order valence-electron chi connectivity index (χ3n) is 1.91. The average Bonchev–Trinajstić information content (AvgIpc) is 2.56. The van der Waals surface area contributed by atoms with E-state index in [-0.39, 0.29) is 10.8 Å². The molecule has 16 heavy (non-hydrogen) atoms. The number of aryl methyl sites for hydroxylation is 1. The molecule has 0 saturated heterocycles. The molecule has 1 rings (SSSR count). The van der Waals surface area contributed by atoms with Crippen LogP contribution in [0.5, 0.6) is 0 Å². The zero-order valence-electron chi connectivity index (χ0n) is 9.07. The largest absolute Gasteiger partial charge is 0.477 e. The smallest absolute Gasteiger partial charge is 0.346 e. The minimum absolute atomic E-state index is 0.0764. The number of carboxylic acid groups (broad SMARTS) is 1. The summed E-state index contributed by atoms with van der Waals surface area (Å²) in [6.45, 7) is 1.72. The van der Waals surface area contributed by atoms with Gasteiger partial charge in [-0.15, -0.1) is 11.3 Å². The number of carbonyl (C=O) groups is 2. The SMILES string of the molecule is CSCCC(=O)Nc1cc(C)c(C(=O)O)s1. The fourth-order valence-corrected chi connectivity index (χ4v) is 2.47. The standard InChI is InChI=1S/C10H13NO3S2/c1-6-5-8(16-9(6)10(13)14)11-7(12)3-4-15-2/h5H,3-4H2,1-2H3,(H,11,12)(H,13,14). The van der Waals surface area contributed by atoms with E-state index in [4.69, 9.17) is 5.11 Å². The van der Waals surface area contributed by atoms with E-state index in [0.29, 0.717) is 17.0 Å². The maximum atomic E-state index is 11.4. The first-order chi connectivity index (χ1) is 7.54. The summed E-state index contributed by atoms with van der Waals surface area (Å²) in [7, 11) is 0. The van der Waals surface area contributed by atoms with Crippen LogP contribution in [0.2, 0.25) is 0 Å². The molecule has 1 aromatic rings. The summed E-state index contributed by atoms with van der Waals surface area (Å²) in [6.07, 6.45) is 2.38. The van der Waals surface area contributed by atoms with Crippen LogP contribution in [0.3, 0.4) is 0 Å². The molecule has 88 valence electrons. The highest BCUT2D eigenvalue weighted by Gasteiger charge is 2.13. The van der Waals surface area contributed by atoms with Crippen LogP contribution < -0.4 is 5.32 Å². The molecule has 0 aromatic carbocycles. The van der Waals surface area contributed by atoms with Gasteiger partial charge in [0.05, 0.1) is 5.00 Å². The molecule has 0 saturated carbocycles. The maximum Gasteiger partial charge on any atom is 0.346 e. The quantitative estimate of drug-likeness (QED) is 0.852. The van der Waals surface area contributed by atoms with Crippen LogP contribution in [0.4, 0.5) is 5.00 Å². The van der Waals surface area contributed by atoms with E-state index in [9.17, 15) is 9.59 Å². The van der Waals surface area contributed by atoms with Crippen LogP contribution in [-0.2, 0) is 4.79 Å². The summed E-state index contributed by atoms with van der Waals surface area (Å²) >= 11 is 2.69. The number of nitrogens with one attached hydrogen (secondary N) is 1. The average molecular weight is 259 g/mol. The van der Waals surface area contributed by atoms with Gasteiger partial charge in [-0.05, 0) is 24.8 Å². The van der Waals surface area contributed by atoms with Gasteiger partial charge in [-0.25, -0.2) is 4.79 Å². The van der Waals surface area contributed by atoms with Gasteiger partial charge in [0.15, 0.2) is 0 Å². The first-order valence-corrected chi connectivity index (χ1v) is 6.88. The Morgan fingerprint density at radius 2 is 2.25 bits per heavy atom. The van der Waals surface area contributed by atoms with Crippen molar-refractivity contribution in [3.8, 4) is 0 Å². The topological polar surface area (TPSA) is 66.4 Å². The fraction of sp³-hybridized carbons (Fsp3) is 0.400. The Morgan fingerprint density at radius 3 is 2.75 bits per heavy atom. The molecular formula is C10H13NO3S2. The van der Waals surface area contributed by atoms with Gasteiger partial charge in [-0.3, -0.25) is 4.79 Å². The van der Waals surface area contributed by atoms with Crippen LogP contribution in [0.1, 0.15) is 21.7 Å². The second kappa shape index (κ2) is 5.91. The van der Waals surface area contributed by atoms with Crippen molar-refractivity contribution in [1.29, 1.82) is 0 Å². The number of carboxylic acids is 1. The van der Waals surface area contributed by atoms with E-state index < -0.39 is 5.97 Å². The summed E-state index contributed by atoms with van der Waals surface area (Å²) in [4.78, 5) is 22.5. The lowest BCUT2D eigenvalue weighted by molar-refractivity contribution is -0.115. The number of hydrogen-bond donors (Lipinski definition) is 2. The molecule has 0 unspecified atom stereocenters. The number of anilines is 1. The van der Waals surface area contributed by atoms with Gasteiger partial charge in [0.2, 0.25) is 5.91 Å². The van der Waals surface area contributed by atoms with Crippen LogP contribution in [0, 0.1) is 6.92 Å². The molecule has 6 heteroatoms. The molecule has 0 radical (unpaired) electrons. The third kappa shape index (κ3) is 3.53. The Morgan fingerprint density at radius 1 is 1.56 bits per heavy atom. The van der Waals surface area contributed by atoms with Crippen molar-refractivity contribution in [3.63, 3.8) is 0 Å². The molecular weight excluding hydrogens is 246 g/mol. The van der Waals surface area contributed by atoms with Gasteiger partial charge in [0, 0.05) is 12.2 Å². The van der Waals surface area contributed by atoms with Crippen molar-refractivity contribution in [1.82, 2.24) is 0 Å². The summed E-state index contributed by atoms with van der Waals surface area (Å²) in [5.74, 6) is -0.262. The number of carbonyl (C=O) groups excluding carboxylic acids is 1. The molecule has 0 bridgehead atoms. The van der Waals surface area contributed by atoms with Crippen molar-refractivity contribution >= 4 is 40.0 Å². The van der Waals surface area contributed by atoms with Crippen LogP contribution in [0.25, 0.3) is 0 Å². The normalized spacial score (nSPS) is 10.1. The van der Waals surface area contributed by atoms with Gasteiger partial charge < -0.3 is 10.4 Å². The number of hydrogen-bond acceptors (Lipinski definition) is 4. The molecule has 0 fully saturated rings. The second-order valence-electron chi connectivity index (χ2n) is 3.22. The molecule has 0 aliphatic heterocycles. The molecule has 2 N–H and O–H groups in total. The lowest BCUT2D eigenvalue weighted by Crippen LogP contribution is -2.10. The molecule has 1 heterocycles. The first-order valence-electron chi connectivity index (χ1n) is 4.67. The predicted octanol–water partition coefficient (Wildman–Crippen LogP) is 2.45. The molecule has 0 atom stereocenters. The lowest BCUT2D eigenvalue weighted by Gasteiger charge is -2.00. The van der Waals surface area contributed by atoms with Crippen molar-refractivity contribution in [2.45, 2.75) is 13.3 Å². The Bertz CT molecular complexity index is 401. The van der Waals surface area contributed by atoms with Gasteiger partial charge in [0.1, 0.15) is 4.88 Å². The number of aromatic carboxylic acids is 1. The van der Waals surface area contributed by atoms with Crippen molar-refractivity contribution in [3.05, 3.63) is 16.5 Å². The van der Waals surface area contributed by atoms with E-state index in [2.05, 4.69) is 5.32 Å². The molecule has 0 spiro atoms. The summed E-state index contributed by atoms with van der Waals surface area (Å²) < 4.78 is 0. The maximum absolute atomic E-state index is 11.4. The number of rotatable bonds is 5. The minimum Gasteiger partial charge on any atom is -0.477 e. The number of thiophene rings is 1.